The molecular weight excluding hydrogens is 278 g/mol. The van der Waals surface area contributed by atoms with Crippen LogP contribution in [0.1, 0.15) is 31.2 Å². The van der Waals surface area contributed by atoms with Crippen LogP contribution in [0, 0.1) is 6.92 Å². The largest absolute Gasteiger partial charge is 0.379 e. The predicted octanol–water partition coefficient (Wildman–Crippen LogP) is 1.55. The minimum absolute atomic E-state index is 0.132. The smallest absolute Gasteiger partial charge is 0.220 e. The zero-order chi connectivity index (χ0) is 15.8. The van der Waals surface area contributed by atoms with E-state index in [9.17, 15) is 4.79 Å². The first-order valence-corrected chi connectivity index (χ1v) is 8.16. The van der Waals surface area contributed by atoms with Crippen LogP contribution in [0.5, 0.6) is 0 Å². The number of aryl methyl sites for hydroxylation is 1. The van der Waals surface area contributed by atoms with Crippen molar-refractivity contribution in [3.05, 3.63) is 29.6 Å². The van der Waals surface area contributed by atoms with Crippen molar-refractivity contribution in [3.63, 3.8) is 0 Å². The Labute approximate surface area is 133 Å². The summed E-state index contributed by atoms with van der Waals surface area (Å²) >= 11 is 0. The molecule has 0 spiro atoms. The molecule has 1 aromatic rings. The molecule has 1 aliphatic heterocycles. The third kappa shape index (κ3) is 5.73. The fourth-order valence-corrected chi connectivity index (χ4v) is 2.70. The summed E-state index contributed by atoms with van der Waals surface area (Å²) in [6.45, 7) is 8.38. The molecule has 0 saturated carbocycles. The SMILES string of the molecule is Cc1cccc(CCNC(=O)CC[C@H](C)N2CCOCC2)n1. The van der Waals surface area contributed by atoms with Crippen molar-refractivity contribution >= 4 is 5.91 Å². The van der Waals surface area contributed by atoms with Crippen molar-refractivity contribution in [1.29, 1.82) is 0 Å². The average Bonchev–Trinajstić information content (AvgIpc) is 2.53. The highest BCUT2D eigenvalue weighted by Gasteiger charge is 2.17. The number of carbonyl (C=O) groups excluding carboxylic acids is 1. The molecule has 2 heterocycles. The van der Waals surface area contributed by atoms with E-state index in [1.807, 2.05) is 25.1 Å². The maximum absolute atomic E-state index is 11.9. The molecule has 22 heavy (non-hydrogen) atoms. The fraction of sp³-hybridized carbons (Fsp3) is 0.647. The highest BCUT2D eigenvalue weighted by Crippen LogP contribution is 2.09. The van der Waals surface area contributed by atoms with Gasteiger partial charge >= 0.3 is 0 Å². The van der Waals surface area contributed by atoms with Gasteiger partial charge in [-0.2, -0.15) is 0 Å². The summed E-state index contributed by atoms with van der Waals surface area (Å²) in [5.41, 5.74) is 2.05. The lowest BCUT2D eigenvalue weighted by Crippen LogP contribution is -2.42. The summed E-state index contributed by atoms with van der Waals surface area (Å²) < 4.78 is 5.35. The van der Waals surface area contributed by atoms with Crippen molar-refractivity contribution < 1.29 is 9.53 Å². The molecule has 0 radical (unpaired) electrons. The number of aromatic nitrogens is 1. The van der Waals surface area contributed by atoms with Gasteiger partial charge in [-0.15, -0.1) is 0 Å². The monoisotopic (exact) mass is 305 g/mol. The molecule has 0 bridgehead atoms. The van der Waals surface area contributed by atoms with Crippen LogP contribution in [-0.4, -0.2) is 54.7 Å². The molecule has 122 valence electrons. The van der Waals surface area contributed by atoms with Gasteiger partial charge in [-0.05, 0) is 32.4 Å². The second-order valence-electron chi connectivity index (χ2n) is 5.91. The summed E-state index contributed by atoms with van der Waals surface area (Å²) in [7, 11) is 0. The van der Waals surface area contributed by atoms with Crippen LogP contribution >= 0.6 is 0 Å². The van der Waals surface area contributed by atoms with Gasteiger partial charge in [-0.3, -0.25) is 14.7 Å². The predicted molar refractivity (Wildman–Crippen MR) is 86.8 cm³/mol. The van der Waals surface area contributed by atoms with Gasteiger partial charge in [0.25, 0.3) is 0 Å². The highest BCUT2D eigenvalue weighted by atomic mass is 16.5. The van der Waals surface area contributed by atoms with Crippen molar-refractivity contribution in [2.45, 2.75) is 39.2 Å². The van der Waals surface area contributed by atoms with Crippen LogP contribution < -0.4 is 5.32 Å². The van der Waals surface area contributed by atoms with Crippen LogP contribution in [0.2, 0.25) is 0 Å². The number of hydrogen-bond donors (Lipinski definition) is 1. The lowest BCUT2D eigenvalue weighted by atomic mass is 10.1. The molecule has 0 aliphatic carbocycles. The van der Waals surface area contributed by atoms with Gasteiger partial charge in [0.15, 0.2) is 0 Å². The van der Waals surface area contributed by atoms with E-state index in [1.165, 1.54) is 0 Å². The van der Waals surface area contributed by atoms with E-state index in [-0.39, 0.29) is 5.91 Å². The third-order valence-electron chi connectivity index (χ3n) is 4.11. The number of ether oxygens (including phenoxy) is 1. The van der Waals surface area contributed by atoms with Gasteiger partial charge in [-0.25, -0.2) is 0 Å². The second-order valence-corrected chi connectivity index (χ2v) is 5.91. The molecule has 5 heteroatoms. The number of pyridine rings is 1. The van der Waals surface area contributed by atoms with E-state index in [4.69, 9.17) is 4.74 Å². The van der Waals surface area contributed by atoms with Crippen LogP contribution in [-0.2, 0) is 16.0 Å². The minimum Gasteiger partial charge on any atom is -0.379 e. The molecule has 0 aromatic carbocycles. The number of amides is 1. The molecule has 2 rings (SSSR count). The zero-order valence-electron chi connectivity index (χ0n) is 13.7. The Kier molecular flexibility index (Phi) is 6.80. The van der Waals surface area contributed by atoms with E-state index in [0.717, 1.165) is 50.5 Å². The van der Waals surface area contributed by atoms with E-state index in [1.54, 1.807) is 0 Å². The molecule has 1 atom stereocenters. The molecule has 0 unspecified atom stereocenters. The second kappa shape index (κ2) is 8.86. The van der Waals surface area contributed by atoms with Crippen LogP contribution in [0.25, 0.3) is 0 Å². The lowest BCUT2D eigenvalue weighted by Gasteiger charge is -2.32. The number of carbonyl (C=O) groups is 1. The number of nitrogens with one attached hydrogen (secondary N) is 1. The quantitative estimate of drug-likeness (QED) is 0.830. The molecule has 1 fully saturated rings. The average molecular weight is 305 g/mol. The van der Waals surface area contributed by atoms with Crippen molar-refractivity contribution in [2.75, 3.05) is 32.8 Å². The van der Waals surface area contributed by atoms with Gasteiger partial charge in [0.05, 0.1) is 13.2 Å². The van der Waals surface area contributed by atoms with Gasteiger partial charge < -0.3 is 10.1 Å². The maximum atomic E-state index is 11.9. The molecule has 5 nitrogen and oxygen atoms in total. The number of rotatable bonds is 7. The number of hydrogen-bond acceptors (Lipinski definition) is 4. The van der Waals surface area contributed by atoms with Gasteiger partial charge in [0, 0.05) is 49.9 Å². The highest BCUT2D eigenvalue weighted by molar-refractivity contribution is 5.75. The lowest BCUT2D eigenvalue weighted by molar-refractivity contribution is -0.121. The Morgan fingerprint density at radius 3 is 2.91 bits per heavy atom. The normalized spacial score (nSPS) is 17.2. The summed E-state index contributed by atoms with van der Waals surface area (Å²) in [5.74, 6) is 0.132. The van der Waals surface area contributed by atoms with Crippen molar-refractivity contribution in [1.82, 2.24) is 15.2 Å². The molecule has 1 amide bonds. The first-order valence-electron chi connectivity index (χ1n) is 8.16. The Morgan fingerprint density at radius 1 is 1.41 bits per heavy atom. The van der Waals surface area contributed by atoms with Gasteiger partial charge in [0.2, 0.25) is 5.91 Å². The van der Waals surface area contributed by atoms with Crippen LogP contribution in [0.15, 0.2) is 18.2 Å². The molecule has 1 saturated heterocycles. The molecule has 1 aromatic heterocycles. The minimum atomic E-state index is 0.132. The summed E-state index contributed by atoms with van der Waals surface area (Å²) in [6, 6.07) is 6.42. The topological polar surface area (TPSA) is 54.5 Å². The van der Waals surface area contributed by atoms with Crippen LogP contribution in [0.4, 0.5) is 0 Å². The van der Waals surface area contributed by atoms with Gasteiger partial charge in [0.1, 0.15) is 0 Å². The van der Waals surface area contributed by atoms with Crippen molar-refractivity contribution in [2.24, 2.45) is 0 Å². The summed E-state index contributed by atoms with van der Waals surface area (Å²) in [4.78, 5) is 18.7. The Balaban J connectivity index is 1.61. The first-order chi connectivity index (χ1) is 10.6. The zero-order valence-corrected chi connectivity index (χ0v) is 13.7. The maximum Gasteiger partial charge on any atom is 0.220 e. The molecular formula is C17H27N3O2. The summed E-state index contributed by atoms with van der Waals surface area (Å²) in [6.07, 6.45) is 2.26. The Bertz CT molecular complexity index is 473. The first kappa shape index (κ1) is 16.9. The van der Waals surface area contributed by atoms with Crippen molar-refractivity contribution in [3.8, 4) is 0 Å². The summed E-state index contributed by atoms with van der Waals surface area (Å²) in [5, 5.41) is 2.99. The van der Waals surface area contributed by atoms with Gasteiger partial charge in [-0.1, -0.05) is 6.07 Å². The van der Waals surface area contributed by atoms with E-state index < -0.39 is 0 Å². The fourth-order valence-electron chi connectivity index (χ4n) is 2.70. The molecule has 1 aliphatic rings. The number of nitrogens with zero attached hydrogens (tertiary/aromatic N) is 2. The molecule has 1 N–H and O–H groups in total. The van der Waals surface area contributed by atoms with E-state index in [0.29, 0.717) is 19.0 Å². The van der Waals surface area contributed by atoms with Crippen LogP contribution in [0.3, 0.4) is 0 Å². The number of morpholine rings is 1. The third-order valence-corrected chi connectivity index (χ3v) is 4.11. The van der Waals surface area contributed by atoms with E-state index in [2.05, 4.69) is 22.1 Å². The van der Waals surface area contributed by atoms with E-state index >= 15 is 0 Å². The Hall–Kier alpha value is -1.46. The Morgan fingerprint density at radius 2 is 2.18 bits per heavy atom. The standard InChI is InChI=1S/C17H27N3O2/c1-14-4-3-5-16(19-14)8-9-18-17(21)7-6-15(2)20-10-12-22-13-11-20/h3-5,15H,6-13H2,1-2H3,(H,18,21)/t15-/m0/s1.